The van der Waals surface area contributed by atoms with E-state index < -0.39 is 23.3 Å². The molecule has 3 N–H and O–H groups in total. The number of carboxylic acids is 3. The molecule has 2 aliphatic rings. The molecule has 0 aromatic carbocycles. The van der Waals surface area contributed by atoms with E-state index in [2.05, 4.69) is 11.8 Å². The number of hydrogen-bond acceptors (Lipinski definition) is 8. The molecule has 1 unspecified atom stereocenters. The Morgan fingerprint density at radius 1 is 0.895 bits per heavy atom. The van der Waals surface area contributed by atoms with Gasteiger partial charge in [-0.15, -0.1) is 0 Å². The van der Waals surface area contributed by atoms with Gasteiger partial charge in [0.05, 0.1) is 58.1 Å². The first-order valence-corrected chi connectivity index (χ1v) is 13.2. The number of piperidine rings is 1. The standard InChI is InChI=1S/C10H20O6.C9H10O4.C8H17N/c1-13-4-5-15-8-9-16-7-6-14-3-2-10(11)12;1-9(8(12)13)4-2-3-6(5-9)7(10)11;1-2-6-9-7-4-3-5-8-9/h2-9H2,1H3,(H,11,12);2-4H,5H2,1H3,(H,10,11)(H,12,13);2-8H2,1H3. The van der Waals surface area contributed by atoms with Gasteiger partial charge in [-0.3, -0.25) is 9.59 Å². The number of rotatable bonds is 16. The zero-order valence-corrected chi connectivity index (χ0v) is 23.2. The van der Waals surface area contributed by atoms with Crippen molar-refractivity contribution in [1.82, 2.24) is 4.90 Å². The van der Waals surface area contributed by atoms with Gasteiger partial charge in [-0.1, -0.05) is 31.6 Å². The first-order valence-electron chi connectivity index (χ1n) is 13.2. The van der Waals surface area contributed by atoms with Crippen LogP contribution >= 0.6 is 0 Å². The Labute approximate surface area is 226 Å². The summed E-state index contributed by atoms with van der Waals surface area (Å²) in [7, 11) is 1.62. The average molecular weight is 546 g/mol. The third kappa shape index (κ3) is 18.9. The second kappa shape index (κ2) is 22.7. The second-order valence-corrected chi connectivity index (χ2v) is 9.13. The summed E-state index contributed by atoms with van der Waals surface area (Å²) in [5.74, 6) is -2.92. The number of carbonyl (C=O) groups is 3. The lowest BCUT2D eigenvalue weighted by molar-refractivity contribution is -0.145. The molecular formula is C27H47NO10. The van der Waals surface area contributed by atoms with E-state index in [1.54, 1.807) is 7.11 Å². The maximum absolute atomic E-state index is 10.8. The fourth-order valence-electron chi connectivity index (χ4n) is 3.53. The van der Waals surface area contributed by atoms with E-state index >= 15 is 0 Å². The topological polar surface area (TPSA) is 152 Å². The van der Waals surface area contributed by atoms with E-state index in [1.807, 2.05) is 0 Å². The molecule has 0 bridgehead atoms. The van der Waals surface area contributed by atoms with Crippen molar-refractivity contribution < 1.29 is 48.7 Å². The smallest absolute Gasteiger partial charge is 0.331 e. The summed E-state index contributed by atoms with van der Waals surface area (Å²) in [5.41, 5.74) is -0.949. The highest BCUT2D eigenvalue weighted by Crippen LogP contribution is 2.31. The minimum absolute atomic E-state index is 0.0279. The van der Waals surface area contributed by atoms with Gasteiger partial charge in [-0.25, -0.2) is 4.79 Å². The molecule has 0 aromatic heterocycles. The summed E-state index contributed by atoms with van der Waals surface area (Å²) < 4.78 is 20.2. The summed E-state index contributed by atoms with van der Waals surface area (Å²) in [6.07, 6.45) is 10.1. The van der Waals surface area contributed by atoms with E-state index in [-0.39, 0.29) is 25.0 Å². The minimum Gasteiger partial charge on any atom is -0.481 e. The lowest BCUT2D eigenvalue weighted by Crippen LogP contribution is -2.30. The van der Waals surface area contributed by atoms with E-state index in [9.17, 15) is 14.4 Å². The normalized spacial score (nSPS) is 18.9. The predicted molar refractivity (Wildman–Crippen MR) is 142 cm³/mol. The molecule has 220 valence electrons. The Morgan fingerprint density at radius 3 is 1.92 bits per heavy atom. The number of ether oxygens (including phenoxy) is 4. The van der Waals surface area contributed by atoms with Crippen molar-refractivity contribution in [3.63, 3.8) is 0 Å². The summed E-state index contributed by atoms with van der Waals surface area (Å²) in [6, 6.07) is 0. The predicted octanol–water partition coefficient (Wildman–Crippen LogP) is 3.09. The average Bonchev–Trinajstić information content (AvgIpc) is 2.89. The van der Waals surface area contributed by atoms with E-state index in [1.165, 1.54) is 70.5 Å². The molecule has 1 aliphatic heterocycles. The van der Waals surface area contributed by atoms with Crippen LogP contribution in [0.5, 0.6) is 0 Å². The number of likely N-dealkylation sites (tertiary alicyclic amines) is 1. The maximum atomic E-state index is 10.8. The van der Waals surface area contributed by atoms with Crippen LogP contribution in [0, 0.1) is 5.41 Å². The number of aliphatic carboxylic acids is 3. The molecule has 1 atom stereocenters. The molecule has 1 aliphatic carbocycles. The summed E-state index contributed by atoms with van der Waals surface area (Å²) in [4.78, 5) is 34.0. The molecule has 1 heterocycles. The lowest BCUT2D eigenvalue weighted by Gasteiger charge is -2.25. The van der Waals surface area contributed by atoms with Crippen molar-refractivity contribution in [2.24, 2.45) is 5.41 Å². The Morgan fingerprint density at radius 2 is 1.45 bits per heavy atom. The van der Waals surface area contributed by atoms with E-state index in [4.69, 9.17) is 34.3 Å². The molecule has 11 heteroatoms. The van der Waals surface area contributed by atoms with Crippen LogP contribution < -0.4 is 0 Å². The fraction of sp³-hybridized carbons (Fsp3) is 0.741. The van der Waals surface area contributed by atoms with Crippen molar-refractivity contribution in [2.75, 3.05) is 73.0 Å². The van der Waals surface area contributed by atoms with Crippen LogP contribution in [0.3, 0.4) is 0 Å². The molecular weight excluding hydrogens is 498 g/mol. The molecule has 11 nitrogen and oxygen atoms in total. The Bertz CT molecular complexity index is 716. The van der Waals surface area contributed by atoms with Crippen LogP contribution in [0.25, 0.3) is 0 Å². The van der Waals surface area contributed by atoms with E-state index in [0.717, 1.165) is 0 Å². The van der Waals surface area contributed by atoms with Gasteiger partial charge in [0.1, 0.15) is 0 Å². The molecule has 2 rings (SSSR count). The molecule has 1 fully saturated rings. The van der Waals surface area contributed by atoms with Crippen LogP contribution in [0.15, 0.2) is 23.8 Å². The van der Waals surface area contributed by atoms with Crippen LogP contribution in [-0.2, 0) is 33.3 Å². The monoisotopic (exact) mass is 545 g/mol. The van der Waals surface area contributed by atoms with Crippen LogP contribution in [0.1, 0.15) is 52.4 Å². The van der Waals surface area contributed by atoms with Gasteiger partial charge in [-0.05, 0) is 52.2 Å². The molecule has 0 spiro atoms. The third-order valence-electron chi connectivity index (χ3n) is 5.71. The van der Waals surface area contributed by atoms with Gasteiger partial charge >= 0.3 is 17.9 Å². The van der Waals surface area contributed by atoms with Crippen molar-refractivity contribution in [3.05, 3.63) is 23.8 Å². The quantitative estimate of drug-likeness (QED) is 0.245. The van der Waals surface area contributed by atoms with Gasteiger partial charge in [0.2, 0.25) is 0 Å². The highest BCUT2D eigenvalue weighted by Gasteiger charge is 2.34. The minimum atomic E-state index is -1.08. The van der Waals surface area contributed by atoms with Crippen LogP contribution in [0.2, 0.25) is 0 Å². The zero-order valence-electron chi connectivity index (χ0n) is 23.2. The van der Waals surface area contributed by atoms with Gasteiger partial charge in [-0.2, -0.15) is 0 Å². The molecule has 0 radical (unpaired) electrons. The number of methoxy groups -OCH3 is 1. The zero-order chi connectivity index (χ0) is 28.7. The fourth-order valence-corrected chi connectivity index (χ4v) is 3.53. The molecule has 0 amide bonds. The number of hydrogen-bond donors (Lipinski definition) is 3. The maximum Gasteiger partial charge on any atom is 0.331 e. The molecule has 0 saturated carbocycles. The van der Waals surface area contributed by atoms with E-state index in [0.29, 0.717) is 39.6 Å². The Balaban J connectivity index is 0.000000560. The summed E-state index contributed by atoms with van der Waals surface area (Å²) in [5, 5.41) is 25.8. The Hall–Kier alpha value is -2.31. The number of carboxylic acid groups (broad SMARTS) is 3. The van der Waals surface area contributed by atoms with Crippen molar-refractivity contribution in [2.45, 2.75) is 52.4 Å². The molecule has 1 saturated heterocycles. The first kappa shape index (κ1) is 35.7. The van der Waals surface area contributed by atoms with Crippen molar-refractivity contribution in [3.8, 4) is 0 Å². The van der Waals surface area contributed by atoms with Crippen LogP contribution in [-0.4, -0.2) is 111 Å². The summed E-state index contributed by atoms with van der Waals surface area (Å²) in [6.45, 7) is 11.1. The third-order valence-corrected chi connectivity index (χ3v) is 5.71. The lowest BCUT2D eigenvalue weighted by atomic mass is 9.80. The van der Waals surface area contributed by atoms with Gasteiger partial charge < -0.3 is 39.2 Å². The molecule has 0 aromatic rings. The Kier molecular flexibility index (Phi) is 21.3. The largest absolute Gasteiger partial charge is 0.481 e. The van der Waals surface area contributed by atoms with Gasteiger partial charge in [0.25, 0.3) is 0 Å². The van der Waals surface area contributed by atoms with Crippen LogP contribution in [0.4, 0.5) is 0 Å². The van der Waals surface area contributed by atoms with Crippen molar-refractivity contribution >= 4 is 17.9 Å². The highest BCUT2D eigenvalue weighted by atomic mass is 16.6. The SMILES string of the molecule is CC1(C(=O)O)C=CC=C(C(=O)O)C1.CCCN1CCCCC1.COCCOCCOCCOCCC(=O)O. The second-order valence-electron chi connectivity index (χ2n) is 9.13. The first-order chi connectivity index (χ1) is 18.2. The number of nitrogens with zero attached hydrogens (tertiary/aromatic N) is 1. The van der Waals surface area contributed by atoms with Gasteiger partial charge in [0, 0.05) is 12.7 Å². The number of allylic oxidation sites excluding steroid dienone is 2. The van der Waals surface area contributed by atoms with Crippen molar-refractivity contribution in [1.29, 1.82) is 0 Å². The highest BCUT2D eigenvalue weighted by molar-refractivity contribution is 5.90. The molecule has 38 heavy (non-hydrogen) atoms. The summed E-state index contributed by atoms with van der Waals surface area (Å²) >= 11 is 0. The van der Waals surface area contributed by atoms with Gasteiger partial charge in [0.15, 0.2) is 0 Å².